The molecule has 0 aliphatic rings. The zero-order valence-electron chi connectivity index (χ0n) is 15.2. The Labute approximate surface area is 160 Å². The van der Waals surface area contributed by atoms with E-state index in [9.17, 15) is 13.2 Å². The molecule has 0 saturated heterocycles. The number of hydrogen-bond acceptors (Lipinski definition) is 4. The predicted octanol–water partition coefficient (Wildman–Crippen LogP) is 1.79. The normalized spacial score (nSPS) is 11.3. The largest absolute Gasteiger partial charge is 0.349 e. The van der Waals surface area contributed by atoms with E-state index in [0.717, 1.165) is 5.56 Å². The Bertz CT molecular complexity index is 867. The van der Waals surface area contributed by atoms with Gasteiger partial charge >= 0.3 is 0 Å². The molecule has 3 N–H and O–H groups in total. The van der Waals surface area contributed by atoms with Crippen molar-refractivity contribution >= 4 is 15.9 Å². The van der Waals surface area contributed by atoms with Crippen molar-refractivity contribution in [1.29, 1.82) is 0 Å². The van der Waals surface area contributed by atoms with Crippen LogP contribution in [0, 0.1) is 0 Å². The molecule has 0 aromatic heterocycles. The minimum atomic E-state index is -3.76. The Hall–Kier alpha value is -2.48. The van der Waals surface area contributed by atoms with Crippen molar-refractivity contribution in [3.63, 3.8) is 0 Å². The van der Waals surface area contributed by atoms with E-state index in [0.29, 0.717) is 19.5 Å². The maximum Gasteiger partial charge on any atom is 0.251 e. The molecule has 6 nitrogen and oxygen atoms in total. The fourth-order valence-electron chi connectivity index (χ4n) is 2.61. The standard InChI is InChI=1S/C20H25N3O3S/c1-2-13-22-20(24)18-9-6-10-19(16-18)27(25,26)23(15-12-21)14-11-17-7-4-3-5-8-17/h2-10,16H,1,11-15,21H2,(H,22,24). The van der Waals surface area contributed by atoms with Crippen LogP contribution in [0.1, 0.15) is 15.9 Å². The zero-order chi connectivity index (χ0) is 19.7. The lowest BCUT2D eigenvalue weighted by Crippen LogP contribution is -2.37. The number of rotatable bonds is 10. The minimum Gasteiger partial charge on any atom is -0.349 e. The van der Waals surface area contributed by atoms with E-state index in [1.54, 1.807) is 18.2 Å². The number of carbonyl (C=O) groups excluding carboxylic acids is 1. The lowest BCUT2D eigenvalue weighted by Gasteiger charge is -2.22. The van der Waals surface area contributed by atoms with E-state index in [1.807, 2.05) is 30.3 Å². The summed E-state index contributed by atoms with van der Waals surface area (Å²) in [6.45, 7) is 4.60. The third-order valence-electron chi connectivity index (χ3n) is 4.01. The summed E-state index contributed by atoms with van der Waals surface area (Å²) in [5, 5.41) is 2.64. The van der Waals surface area contributed by atoms with Crippen molar-refractivity contribution in [2.75, 3.05) is 26.2 Å². The lowest BCUT2D eigenvalue weighted by atomic mass is 10.1. The first-order valence-corrected chi connectivity index (χ1v) is 10.2. The van der Waals surface area contributed by atoms with Crippen LogP contribution >= 0.6 is 0 Å². The van der Waals surface area contributed by atoms with Crippen molar-refractivity contribution in [2.45, 2.75) is 11.3 Å². The smallest absolute Gasteiger partial charge is 0.251 e. The average molecular weight is 388 g/mol. The maximum atomic E-state index is 13.1. The van der Waals surface area contributed by atoms with E-state index in [4.69, 9.17) is 5.73 Å². The van der Waals surface area contributed by atoms with E-state index >= 15 is 0 Å². The number of nitrogens with zero attached hydrogens (tertiary/aromatic N) is 1. The molecule has 0 bridgehead atoms. The van der Waals surface area contributed by atoms with Gasteiger partial charge < -0.3 is 11.1 Å². The number of hydrogen-bond donors (Lipinski definition) is 2. The van der Waals surface area contributed by atoms with Gasteiger partial charge in [0.25, 0.3) is 5.91 Å². The number of sulfonamides is 1. The third kappa shape index (κ3) is 5.75. The Kier molecular flexibility index (Phi) is 7.72. The summed E-state index contributed by atoms with van der Waals surface area (Å²) in [7, 11) is -3.76. The van der Waals surface area contributed by atoms with Gasteiger partial charge in [0.05, 0.1) is 4.90 Å². The first-order valence-electron chi connectivity index (χ1n) is 8.72. The van der Waals surface area contributed by atoms with Crippen LogP contribution in [-0.4, -0.2) is 44.8 Å². The monoisotopic (exact) mass is 387 g/mol. The summed E-state index contributed by atoms with van der Waals surface area (Å²) in [6, 6.07) is 15.7. The van der Waals surface area contributed by atoms with Gasteiger partial charge in [-0.25, -0.2) is 8.42 Å². The van der Waals surface area contributed by atoms with Gasteiger partial charge in [-0.05, 0) is 30.2 Å². The fraction of sp³-hybridized carbons (Fsp3) is 0.250. The second-order valence-electron chi connectivity index (χ2n) is 5.95. The molecule has 0 heterocycles. The fourth-order valence-corrected chi connectivity index (χ4v) is 4.11. The summed E-state index contributed by atoms with van der Waals surface area (Å²) < 4.78 is 27.5. The highest BCUT2D eigenvalue weighted by Crippen LogP contribution is 2.18. The van der Waals surface area contributed by atoms with Crippen LogP contribution in [0.3, 0.4) is 0 Å². The SMILES string of the molecule is C=CCNC(=O)c1cccc(S(=O)(=O)N(CCN)CCc2ccccc2)c1. The van der Waals surface area contributed by atoms with Crippen LogP contribution < -0.4 is 11.1 Å². The van der Waals surface area contributed by atoms with Gasteiger partial charge in [0, 0.05) is 31.7 Å². The molecule has 0 fully saturated rings. The zero-order valence-corrected chi connectivity index (χ0v) is 16.0. The predicted molar refractivity (Wildman–Crippen MR) is 107 cm³/mol. The van der Waals surface area contributed by atoms with Gasteiger partial charge in [-0.1, -0.05) is 42.5 Å². The highest BCUT2D eigenvalue weighted by atomic mass is 32.2. The molecule has 0 unspecified atom stereocenters. The van der Waals surface area contributed by atoms with Crippen LogP contribution in [0.4, 0.5) is 0 Å². The number of carbonyl (C=O) groups is 1. The summed E-state index contributed by atoms with van der Waals surface area (Å²) in [5.74, 6) is -0.346. The summed E-state index contributed by atoms with van der Waals surface area (Å²) in [6.07, 6.45) is 2.14. The van der Waals surface area contributed by atoms with Gasteiger partial charge in [-0.2, -0.15) is 4.31 Å². The second kappa shape index (κ2) is 10.0. The molecule has 0 aliphatic heterocycles. The van der Waals surface area contributed by atoms with E-state index in [-0.39, 0.29) is 29.5 Å². The highest BCUT2D eigenvalue weighted by molar-refractivity contribution is 7.89. The van der Waals surface area contributed by atoms with Gasteiger partial charge in [-0.3, -0.25) is 4.79 Å². The summed E-state index contributed by atoms with van der Waals surface area (Å²) in [4.78, 5) is 12.2. The van der Waals surface area contributed by atoms with Crippen molar-refractivity contribution in [3.05, 3.63) is 78.4 Å². The van der Waals surface area contributed by atoms with Gasteiger partial charge in [0.15, 0.2) is 0 Å². The highest BCUT2D eigenvalue weighted by Gasteiger charge is 2.24. The van der Waals surface area contributed by atoms with Crippen molar-refractivity contribution in [1.82, 2.24) is 9.62 Å². The second-order valence-corrected chi connectivity index (χ2v) is 7.89. The van der Waals surface area contributed by atoms with Crippen LogP contribution in [0.25, 0.3) is 0 Å². The molecule has 144 valence electrons. The topological polar surface area (TPSA) is 92.5 Å². The number of benzene rings is 2. The van der Waals surface area contributed by atoms with Crippen LogP contribution in [0.2, 0.25) is 0 Å². The van der Waals surface area contributed by atoms with E-state index in [1.165, 1.54) is 16.4 Å². The van der Waals surface area contributed by atoms with Gasteiger partial charge in [-0.15, -0.1) is 6.58 Å². The van der Waals surface area contributed by atoms with Gasteiger partial charge in [0.2, 0.25) is 10.0 Å². The van der Waals surface area contributed by atoms with Crippen LogP contribution in [-0.2, 0) is 16.4 Å². The Morgan fingerprint density at radius 3 is 2.52 bits per heavy atom. The summed E-state index contributed by atoms with van der Waals surface area (Å²) >= 11 is 0. The third-order valence-corrected chi connectivity index (χ3v) is 5.91. The maximum absolute atomic E-state index is 13.1. The van der Waals surface area contributed by atoms with Crippen molar-refractivity contribution in [3.8, 4) is 0 Å². The Morgan fingerprint density at radius 2 is 1.85 bits per heavy atom. The molecular formula is C20H25N3O3S. The average Bonchev–Trinajstić information content (AvgIpc) is 2.70. The van der Waals surface area contributed by atoms with E-state index < -0.39 is 10.0 Å². The molecule has 0 spiro atoms. The number of amides is 1. The first kappa shape index (κ1) is 20.8. The lowest BCUT2D eigenvalue weighted by molar-refractivity contribution is 0.0958. The first-order chi connectivity index (χ1) is 13.0. The molecule has 2 aromatic rings. The molecule has 0 radical (unpaired) electrons. The molecule has 0 aliphatic carbocycles. The molecule has 1 amide bonds. The Balaban J connectivity index is 2.22. The molecule has 0 saturated carbocycles. The van der Waals surface area contributed by atoms with Gasteiger partial charge in [0.1, 0.15) is 0 Å². The number of nitrogens with two attached hydrogens (primary N) is 1. The molecule has 2 rings (SSSR count). The van der Waals surface area contributed by atoms with E-state index in [2.05, 4.69) is 11.9 Å². The Morgan fingerprint density at radius 1 is 1.11 bits per heavy atom. The molecule has 7 heteroatoms. The number of nitrogens with one attached hydrogen (secondary N) is 1. The minimum absolute atomic E-state index is 0.0789. The molecule has 27 heavy (non-hydrogen) atoms. The van der Waals surface area contributed by atoms with Crippen LogP contribution in [0.15, 0.2) is 72.1 Å². The quantitative estimate of drug-likeness (QED) is 0.608. The van der Waals surface area contributed by atoms with Crippen LogP contribution in [0.5, 0.6) is 0 Å². The molecule has 0 atom stereocenters. The van der Waals surface area contributed by atoms with Crippen molar-refractivity contribution in [2.24, 2.45) is 5.73 Å². The summed E-state index contributed by atoms with van der Waals surface area (Å²) in [5.41, 5.74) is 6.96. The molecular weight excluding hydrogens is 362 g/mol. The molecule has 2 aromatic carbocycles. The van der Waals surface area contributed by atoms with Crippen molar-refractivity contribution < 1.29 is 13.2 Å².